The lowest BCUT2D eigenvalue weighted by Gasteiger charge is -2.25. The number of carbonyl (C=O) groups is 2. The van der Waals surface area contributed by atoms with Gasteiger partial charge in [0, 0.05) is 24.6 Å². The Morgan fingerprint density at radius 3 is 2.78 bits per heavy atom. The van der Waals surface area contributed by atoms with Gasteiger partial charge in [-0.3, -0.25) is 9.59 Å². The van der Waals surface area contributed by atoms with Gasteiger partial charge in [0.25, 0.3) is 5.91 Å². The topological polar surface area (TPSA) is 49.4 Å². The summed E-state index contributed by atoms with van der Waals surface area (Å²) in [4.78, 5) is 25.3. The number of hydrogen-bond acceptors (Lipinski definition) is 2. The summed E-state index contributed by atoms with van der Waals surface area (Å²) in [5.74, 6) is -0.108. The van der Waals surface area contributed by atoms with Crippen LogP contribution >= 0.6 is 0 Å². The second-order valence-corrected chi connectivity index (χ2v) is 4.54. The van der Waals surface area contributed by atoms with E-state index in [1.165, 1.54) is 6.92 Å². The molecule has 0 unspecified atom stereocenters. The average molecular weight is 246 g/mol. The number of rotatable bonds is 4. The van der Waals surface area contributed by atoms with Gasteiger partial charge in [-0.1, -0.05) is 31.5 Å². The van der Waals surface area contributed by atoms with Crippen molar-refractivity contribution >= 4 is 11.8 Å². The van der Waals surface area contributed by atoms with Gasteiger partial charge >= 0.3 is 0 Å². The molecule has 0 radical (unpaired) electrons. The van der Waals surface area contributed by atoms with Crippen LogP contribution in [0.25, 0.3) is 0 Å². The second kappa shape index (κ2) is 5.21. The first kappa shape index (κ1) is 12.6. The molecule has 4 nitrogen and oxygen atoms in total. The molecule has 1 heterocycles. The lowest BCUT2D eigenvalue weighted by Crippen LogP contribution is -2.39. The summed E-state index contributed by atoms with van der Waals surface area (Å²) in [7, 11) is 0. The van der Waals surface area contributed by atoms with Gasteiger partial charge in [0.15, 0.2) is 0 Å². The first-order valence-corrected chi connectivity index (χ1v) is 6.32. The van der Waals surface area contributed by atoms with Gasteiger partial charge in [0.1, 0.15) is 6.17 Å². The fourth-order valence-electron chi connectivity index (χ4n) is 2.28. The molecule has 2 rings (SSSR count). The zero-order valence-corrected chi connectivity index (χ0v) is 10.8. The van der Waals surface area contributed by atoms with Gasteiger partial charge in [0.2, 0.25) is 5.91 Å². The maximum absolute atomic E-state index is 12.3. The second-order valence-electron chi connectivity index (χ2n) is 4.54. The van der Waals surface area contributed by atoms with E-state index in [0.29, 0.717) is 12.1 Å². The Kier molecular flexibility index (Phi) is 3.65. The predicted molar refractivity (Wildman–Crippen MR) is 68.9 cm³/mol. The minimum absolute atomic E-state index is 0.0119. The van der Waals surface area contributed by atoms with Crippen molar-refractivity contribution in [2.75, 3.05) is 6.54 Å². The number of nitrogens with zero attached hydrogens (tertiary/aromatic N) is 1. The number of amides is 2. The van der Waals surface area contributed by atoms with E-state index in [4.69, 9.17) is 0 Å². The van der Waals surface area contributed by atoms with E-state index in [2.05, 4.69) is 12.2 Å². The van der Waals surface area contributed by atoms with Crippen LogP contribution in [0.1, 0.15) is 48.8 Å². The van der Waals surface area contributed by atoms with E-state index in [0.717, 1.165) is 18.4 Å². The van der Waals surface area contributed by atoms with Crippen LogP contribution in [0, 0.1) is 0 Å². The van der Waals surface area contributed by atoms with E-state index in [-0.39, 0.29) is 18.0 Å². The van der Waals surface area contributed by atoms with Crippen molar-refractivity contribution in [1.82, 2.24) is 10.2 Å². The van der Waals surface area contributed by atoms with Crippen LogP contribution in [0.4, 0.5) is 0 Å². The highest BCUT2D eigenvalue weighted by atomic mass is 16.2. The maximum Gasteiger partial charge on any atom is 0.256 e. The average Bonchev–Trinajstić information content (AvgIpc) is 2.61. The molecule has 1 atom stereocenters. The third kappa shape index (κ3) is 2.23. The normalized spacial score (nSPS) is 17.8. The fraction of sp³-hybridized carbons (Fsp3) is 0.429. The smallest absolute Gasteiger partial charge is 0.256 e. The molecule has 4 heteroatoms. The minimum Gasteiger partial charge on any atom is -0.332 e. The molecule has 0 aliphatic carbocycles. The quantitative estimate of drug-likeness (QED) is 0.884. The molecule has 0 aromatic heterocycles. The van der Waals surface area contributed by atoms with Gasteiger partial charge < -0.3 is 10.2 Å². The first-order chi connectivity index (χ1) is 8.65. The van der Waals surface area contributed by atoms with Crippen molar-refractivity contribution in [3.63, 3.8) is 0 Å². The Hall–Kier alpha value is -1.84. The van der Waals surface area contributed by atoms with Crippen LogP contribution in [0.3, 0.4) is 0 Å². The number of nitrogens with one attached hydrogen (secondary N) is 1. The van der Waals surface area contributed by atoms with Crippen molar-refractivity contribution in [3.05, 3.63) is 35.4 Å². The van der Waals surface area contributed by atoms with Crippen molar-refractivity contribution in [1.29, 1.82) is 0 Å². The van der Waals surface area contributed by atoms with Gasteiger partial charge in [-0.15, -0.1) is 0 Å². The third-order valence-corrected chi connectivity index (χ3v) is 3.15. The molecular formula is C14H18N2O2. The monoisotopic (exact) mass is 246 g/mol. The van der Waals surface area contributed by atoms with Crippen LogP contribution in [0.15, 0.2) is 24.3 Å². The molecule has 1 aliphatic rings. The zero-order valence-electron chi connectivity index (χ0n) is 10.8. The van der Waals surface area contributed by atoms with E-state index >= 15 is 0 Å². The van der Waals surface area contributed by atoms with E-state index in [1.54, 1.807) is 4.90 Å². The lowest BCUT2D eigenvalue weighted by atomic mass is 10.1. The van der Waals surface area contributed by atoms with Gasteiger partial charge in [-0.2, -0.15) is 0 Å². The zero-order chi connectivity index (χ0) is 13.1. The number of hydrogen-bond donors (Lipinski definition) is 1. The molecule has 0 fully saturated rings. The molecule has 18 heavy (non-hydrogen) atoms. The van der Waals surface area contributed by atoms with E-state index < -0.39 is 0 Å². The molecule has 0 saturated heterocycles. The summed E-state index contributed by atoms with van der Waals surface area (Å²) in [6.45, 7) is 4.24. The molecule has 0 saturated carbocycles. The summed E-state index contributed by atoms with van der Waals surface area (Å²) in [5, 5.41) is 2.85. The summed E-state index contributed by atoms with van der Waals surface area (Å²) >= 11 is 0. The molecule has 1 aromatic carbocycles. The van der Waals surface area contributed by atoms with Crippen molar-refractivity contribution in [2.45, 2.75) is 32.9 Å². The van der Waals surface area contributed by atoms with Crippen LogP contribution in [-0.2, 0) is 4.79 Å². The molecule has 96 valence electrons. The summed E-state index contributed by atoms with van der Waals surface area (Å²) in [6, 6.07) is 7.47. The number of carbonyl (C=O) groups excluding carboxylic acids is 2. The SMILES string of the molecule is CCCCN1C(=O)c2ccccc2[C@@H]1NC(C)=O. The lowest BCUT2D eigenvalue weighted by molar-refractivity contribution is -0.120. The largest absolute Gasteiger partial charge is 0.332 e. The van der Waals surface area contributed by atoms with Gasteiger partial charge in [-0.25, -0.2) is 0 Å². The maximum atomic E-state index is 12.3. The summed E-state index contributed by atoms with van der Waals surface area (Å²) < 4.78 is 0. The van der Waals surface area contributed by atoms with Crippen LogP contribution in [0.5, 0.6) is 0 Å². The fourth-order valence-corrected chi connectivity index (χ4v) is 2.28. The molecule has 0 bridgehead atoms. The number of benzene rings is 1. The Bertz CT molecular complexity index is 471. The van der Waals surface area contributed by atoms with Crippen LogP contribution in [-0.4, -0.2) is 23.3 Å². The summed E-state index contributed by atoms with van der Waals surface area (Å²) in [6.07, 6.45) is 1.65. The molecule has 1 N–H and O–H groups in total. The standard InChI is InChI=1S/C14H18N2O2/c1-3-4-9-16-13(15-10(2)17)11-7-5-6-8-12(11)14(16)18/h5-8,13H,3-4,9H2,1-2H3,(H,15,17)/t13-/m1/s1. The first-order valence-electron chi connectivity index (χ1n) is 6.32. The third-order valence-electron chi connectivity index (χ3n) is 3.15. The van der Waals surface area contributed by atoms with Gasteiger partial charge in [-0.05, 0) is 12.5 Å². The van der Waals surface area contributed by atoms with Gasteiger partial charge in [0.05, 0.1) is 0 Å². The Labute approximate surface area is 107 Å². The summed E-state index contributed by atoms with van der Waals surface area (Å²) in [5.41, 5.74) is 1.60. The molecule has 0 spiro atoms. The Morgan fingerprint density at radius 1 is 1.39 bits per heavy atom. The van der Waals surface area contributed by atoms with E-state index in [9.17, 15) is 9.59 Å². The van der Waals surface area contributed by atoms with Crippen LogP contribution in [0.2, 0.25) is 0 Å². The highest BCUT2D eigenvalue weighted by Crippen LogP contribution is 2.31. The van der Waals surface area contributed by atoms with E-state index in [1.807, 2.05) is 24.3 Å². The molecule has 2 amide bonds. The number of fused-ring (bicyclic) bond motifs is 1. The number of unbranched alkanes of at least 4 members (excludes halogenated alkanes) is 1. The van der Waals surface area contributed by atoms with Crippen molar-refractivity contribution in [3.8, 4) is 0 Å². The minimum atomic E-state index is -0.308. The Balaban J connectivity index is 2.30. The molecule has 1 aliphatic heterocycles. The van der Waals surface area contributed by atoms with Crippen molar-refractivity contribution < 1.29 is 9.59 Å². The van der Waals surface area contributed by atoms with Crippen molar-refractivity contribution in [2.24, 2.45) is 0 Å². The highest BCUT2D eigenvalue weighted by Gasteiger charge is 2.36. The van der Waals surface area contributed by atoms with Crippen LogP contribution < -0.4 is 5.32 Å². The Morgan fingerprint density at radius 2 is 2.11 bits per heavy atom. The molecule has 1 aromatic rings. The predicted octanol–water partition coefficient (Wildman–Crippen LogP) is 2.08. The molecular weight excluding hydrogens is 228 g/mol. The highest BCUT2D eigenvalue weighted by molar-refractivity contribution is 5.99.